The van der Waals surface area contributed by atoms with Gasteiger partial charge in [0.2, 0.25) is 0 Å². The van der Waals surface area contributed by atoms with Crippen molar-refractivity contribution in [3.63, 3.8) is 0 Å². The summed E-state index contributed by atoms with van der Waals surface area (Å²) in [6.45, 7) is 0. The van der Waals surface area contributed by atoms with Gasteiger partial charge in [-0.15, -0.1) is 0 Å². The third kappa shape index (κ3) is 2.49. The standard InChI is InChI=1S/C14H12O5/c1-17-11-8-10(9-6-4-3-5-7-9)19-14(16)12(11)13(15)18-2/h3-8H,1-2H3. The van der Waals surface area contributed by atoms with Crippen LogP contribution in [-0.2, 0) is 4.74 Å². The van der Waals surface area contributed by atoms with Gasteiger partial charge in [0.15, 0.2) is 5.56 Å². The zero-order chi connectivity index (χ0) is 13.8. The highest BCUT2D eigenvalue weighted by Crippen LogP contribution is 2.24. The minimum atomic E-state index is -0.787. The van der Waals surface area contributed by atoms with E-state index in [0.29, 0.717) is 11.3 Å². The molecule has 0 bridgehead atoms. The lowest BCUT2D eigenvalue weighted by molar-refractivity contribution is 0.0591. The van der Waals surface area contributed by atoms with Gasteiger partial charge in [-0.3, -0.25) is 0 Å². The second-order valence-corrected chi connectivity index (χ2v) is 3.70. The SMILES string of the molecule is COC(=O)c1c(OC)cc(-c2ccccc2)oc1=O. The first-order chi connectivity index (χ1) is 9.17. The fourth-order valence-corrected chi connectivity index (χ4v) is 1.66. The third-order valence-corrected chi connectivity index (χ3v) is 2.58. The molecule has 0 aliphatic carbocycles. The lowest BCUT2D eigenvalue weighted by Gasteiger charge is -2.07. The van der Waals surface area contributed by atoms with Crippen molar-refractivity contribution in [2.45, 2.75) is 0 Å². The maximum Gasteiger partial charge on any atom is 0.354 e. The van der Waals surface area contributed by atoms with Crippen molar-refractivity contribution in [1.29, 1.82) is 0 Å². The Morgan fingerprint density at radius 3 is 2.42 bits per heavy atom. The molecule has 0 spiro atoms. The number of esters is 1. The zero-order valence-electron chi connectivity index (χ0n) is 10.5. The van der Waals surface area contributed by atoms with Crippen molar-refractivity contribution in [2.24, 2.45) is 0 Å². The van der Waals surface area contributed by atoms with Crippen LogP contribution in [0, 0.1) is 0 Å². The van der Waals surface area contributed by atoms with E-state index in [1.54, 1.807) is 12.1 Å². The minimum Gasteiger partial charge on any atom is -0.495 e. The number of carbonyl (C=O) groups excluding carboxylic acids is 1. The first-order valence-electron chi connectivity index (χ1n) is 5.53. The molecule has 5 heteroatoms. The number of hydrogen-bond acceptors (Lipinski definition) is 5. The Hall–Kier alpha value is -2.56. The molecule has 98 valence electrons. The minimum absolute atomic E-state index is 0.127. The predicted molar refractivity (Wildman–Crippen MR) is 68.3 cm³/mol. The molecule has 0 saturated carbocycles. The Bertz CT molecular complexity index is 643. The van der Waals surface area contributed by atoms with Crippen LogP contribution in [0.15, 0.2) is 45.6 Å². The lowest BCUT2D eigenvalue weighted by atomic mass is 10.1. The van der Waals surface area contributed by atoms with Gasteiger partial charge in [0.1, 0.15) is 11.5 Å². The summed E-state index contributed by atoms with van der Waals surface area (Å²) in [6.07, 6.45) is 0. The van der Waals surface area contributed by atoms with Crippen LogP contribution in [0.2, 0.25) is 0 Å². The number of ether oxygens (including phenoxy) is 2. The predicted octanol–water partition coefficient (Wildman–Crippen LogP) is 2.10. The highest BCUT2D eigenvalue weighted by Gasteiger charge is 2.21. The molecular weight excluding hydrogens is 248 g/mol. The first kappa shape index (κ1) is 12.9. The molecule has 0 N–H and O–H groups in total. The smallest absolute Gasteiger partial charge is 0.354 e. The van der Waals surface area contributed by atoms with Crippen molar-refractivity contribution in [3.05, 3.63) is 52.4 Å². The Kier molecular flexibility index (Phi) is 3.66. The maximum absolute atomic E-state index is 11.8. The molecule has 0 atom stereocenters. The van der Waals surface area contributed by atoms with Crippen LogP contribution in [-0.4, -0.2) is 20.2 Å². The van der Waals surface area contributed by atoms with Crippen molar-refractivity contribution in [2.75, 3.05) is 14.2 Å². The summed E-state index contributed by atoms with van der Waals surface area (Å²) in [6, 6.07) is 10.5. The molecule has 1 heterocycles. The Labute approximate surface area is 109 Å². The molecule has 5 nitrogen and oxygen atoms in total. The molecule has 0 unspecified atom stereocenters. The second-order valence-electron chi connectivity index (χ2n) is 3.70. The van der Waals surface area contributed by atoms with Gasteiger partial charge >= 0.3 is 11.6 Å². The average Bonchev–Trinajstić information content (AvgIpc) is 2.46. The van der Waals surface area contributed by atoms with Gasteiger partial charge in [0, 0.05) is 11.6 Å². The van der Waals surface area contributed by atoms with Gasteiger partial charge in [0.05, 0.1) is 14.2 Å². The van der Waals surface area contributed by atoms with Crippen LogP contribution >= 0.6 is 0 Å². The molecule has 0 aliphatic heterocycles. The maximum atomic E-state index is 11.8. The van der Waals surface area contributed by atoms with Crippen molar-refractivity contribution >= 4 is 5.97 Å². The monoisotopic (exact) mass is 260 g/mol. The van der Waals surface area contributed by atoms with Gasteiger partial charge in [-0.05, 0) is 0 Å². The summed E-state index contributed by atoms with van der Waals surface area (Å²) >= 11 is 0. The second kappa shape index (κ2) is 5.39. The van der Waals surface area contributed by atoms with Crippen LogP contribution in [0.4, 0.5) is 0 Å². The number of rotatable bonds is 3. The number of methoxy groups -OCH3 is 2. The highest BCUT2D eigenvalue weighted by atomic mass is 16.5. The molecule has 1 aromatic carbocycles. The molecule has 0 radical (unpaired) electrons. The van der Waals surface area contributed by atoms with Crippen LogP contribution in [0.3, 0.4) is 0 Å². The molecule has 0 amide bonds. The summed E-state index contributed by atoms with van der Waals surface area (Å²) in [5.74, 6) is -0.331. The molecule has 0 saturated heterocycles. The quantitative estimate of drug-likeness (QED) is 0.791. The largest absolute Gasteiger partial charge is 0.495 e. The molecule has 19 heavy (non-hydrogen) atoms. The Morgan fingerprint density at radius 2 is 1.84 bits per heavy atom. The van der Waals surface area contributed by atoms with Crippen LogP contribution in [0.1, 0.15) is 10.4 Å². The summed E-state index contributed by atoms with van der Waals surface area (Å²) in [5, 5.41) is 0. The average molecular weight is 260 g/mol. The number of hydrogen-bond donors (Lipinski definition) is 0. The first-order valence-corrected chi connectivity index (χ1v) is 5.53. The highest BCUT2D eigenvalue weighted by molar-refractivity contribution is 5.92. The van der Waals surface area contributed by atoms with E-state index < -0.39 is 11.6 Å². The fourth-order valence-electron chi connectivity index (χ4n) is 1.66. The van der Waals surface area contributed by atoms with E-state index in [1.807, 2.05) is 18.2 Å². The Morgan fingerprint density at radius 1 is 1.16 bits per heavy atom. The molecule has 1 aromatic heterocycles. The molecular formula is C14H12O5. The van der Waals surface area contributed by atoms with E-state index in [0.717, 1.165) is 0 Å². The van der Waals surface area contributed by atoms with E-state index >= 15 is 0 Å². The van der Waals surface area contributed by atoms with Crippen LogP contribution in [0.25, 0.3) is 11.3 Å². The lowest BCUT2D eigenvalue weighted by Crippen LogP contribution is -2.17. The topological polar surface area (TPSA) is 65.7 Å². The number of benzene rings is 1. The van der Waals surface area contributed by atoms with Gasteiger partial charge in [0.25, 0.3) is 0 Å². The molecule has 2 aromatic rings. The summed E-state index contributed by atoms with van der Waals surface area (Å²) in [5.41, 5.74) is -0.316. The Balaban J connectivity index is 2.61. The van der Waals surface area contributed by atoms with E-state index in [9.17, 15) is 9.59 Å². The zero-order valence-corrected chi connectivity index (χ0v) is 10.5. The van der Waals surface area contributed by atoms with Crippen molar-refractivity contribution in [1.82, 2.24) is 0 Å². The fraction of sp³-hybridized carbons (Fsp3) is 0.143. The van der Waals surface area contributed by atoms with Crippen LogP contribution in [0.5, 0.6) is 5.75 Å². The van der Waals surface area contributed by atoms with Gasteiger partial charge in [-0.1, -0.05) is 30.3 Å². The normalized spacial score (nSPS) is 10.0. The van der Waals surface area contributed by atoms with Crippen molar-refractivity contribution in [3.8, 4) is 17.1 Å². The van der Waals surface area contributed by atoms with Crippen LogP contribution < -0.4 is 10.4 Å². The van der Waals surface area contributed by atoms with Crippen molar-refractivity contribution < 1.29 is 18.7 Å². The summed E-state index contributed by atoms with van der Waals surface area (Å²) < 4.78 is 14.7. The van der Waals surface area contributed by atoms with Gasteiger partial charge < -0.3 is 13.9 Å². The van der Waals surface area contributed by atoms with E-state index in [-0.39, 0.29) is 11.3 Å². The van der Waals surface area contributed by atoms with E-state index in [2.05, 4.69) is 4.74 Å². The molecule has 0 aliphatic rings. The summed E-state index contributed by atoms with van der Waals surface area (Å²) in [4.78, 5) is 23.3. The van der Waals surface area contributed by atoms with Gasteiger partial charge in [-0.25, -0.2) is 9.59 Å². The number of carbonyl (C=O) groups is 1. The molecule has 2 rings (SSSR count). The summed E-state index contributed by atoms with van der Waals surface area (Å²) in [7, 11) is 2.56. The third-order valence-electron chi connectivity index (χ3n) is 2.58. The van der Waals surface area contributed by atoms with Gasteiger partial charge in [-0.2, -0.15) is 0 Å². The van der Waals surface area contributed by atoms with E-state index in [4.69, 9.17) is 9.15 Å². The molecule has 0 fully saturated rings. The van der Waals surface area contributed by atoms with E-state index in [1.165, 1.54) is 20.3 Å².